The predicted octanol–water partition coefficient (Wildman–Crippen LogP) is 5.69. The normalized spacial score (nSPS) is 13.7. The average molecular weight is 509 g/mol. The fraction of sp³-hybridized carbons (Fsp3) is 0.433. The fourth-order valence-corrected chi connectivity index (χ4v) is 3.88. The van der Waals surface area contributed by atoms with Crippen LogP contribution in [0.5, 0.6) is 0 Å². The van der Waals surface area contributed by atoms with Gasteiger partial charge in [0.2, 0.25) is 0 Å². The van der Waals surface area contributed by atoms with Crippen molar-refractivity contribution in [2.24, 2.45) is 0 Å². The molecule has 200 valence electrons. The number of aromatic nitrogens is 1. The number of carboxylic acid groups (broad SMARTS) is 1. The van der Waals surface area contributed by atoms with Gasteiger partial charge < -0.3 is 20.1 Å². The fourth-order valence-electron chi connectivity index (χ4n) is 3.88. The SMILES string of the molecule is C#CC.CCCCCC/C(=C(/C)OC)c1[nH]c(=O)c(C(=O)NC(CC2=CC=CCC=C2)C(=O)O)cc1C. The number of nitrogens with one attached hydrogen (secondary N) is 2. The van der Waals surface area contributed by atoms with Gasteiger partial charge in [0, 0.05) is 12.0 Å². The summed E-state index contributed by atoms with van der Waals surface area (Å²) < 4.78 is 5.45. The molecular weight excluding hydrogens is 468 g/mol. The molecule has 1 aliphatic carbocycles. The molecule has 37 heavy (non-hydrogen) atoms. The summed E-state index contributed by atoms with van der Waals surface area (Å²) >= 11 is 0. The lowest BCUT2D eigenvalue weighted by Crippen LogP contribution is -2.42. The number of aryl methyl sites for hydroxylation is 1. The summed E-state index contributed by atoms with van der Waals surface area (Å²) in [7, 11) is 1.59. The third kappa shape index (κ3) is 10.4. The van der Waals surface area contributed by atoms with E-state index in [1.165, 1.54) is 6.07 Å². The second kappa shape index (κ2) is 16.8. The zero-order valence-electron chi connectivity index (χ0n) is 22.6. The van der Waals surface area contributed by atoms with Crippen LogP contribution < -0.4 is 10.9 Å². The van der Waals surface area contributed by atoms with E-state index in [4.69, 9.17) is 4.74 Å². The Morgan fingerprint density at radius 2 is 1.97 bits per heavy atom. The van der Waals surface area contributed by atoms with Gasteiger partial charge in [-0.05, 0) is 57.2 Å². The van der Waals surface area contributed by atoms with Crippen molar-refractivity contribution in [2.75, 3.05) is 7.11 Å². The number of allylic oxidation sites excluding steroid dienone is 7. The summed E-state index contributed by atoms with van der Waals surface area (Å²) in [4.78, 5) is 40.4. The Labute approximate surface area is 220 Å². The maximum absolute atomic E-state index is 12.9. The molecule has 7 nitrogen and oxygen atoms in total. The second-order valence-electron chi connectivity index (χ2n) is 8.78. The van der Waals surface area contributed by atoms with Gasteiger partial charge in [0.15, 0.2) is 0 Å². The van der Waals surface area contributed by atoms with E-state index < -0.39 is 23.5 Å². The number of ether oxygens (including phenoxy) is 1. The van der Waals surface area contributed by atoms with E-state index in [0.29, 0.717) is 5.69 Å². The lowest BCUT2D eigenvalue weighted by molar-refractivity contribution is -0.139. The number of methoxy groups -OCH3 is 1. The number of unbranched alkanes of at least 4 members (excludes halogenated alkanes) is 3. The highest BCUT2D eigenvalue weighted by molar-refractivity contribution is 5.96. The summed E-state index contributed by atoms with van der Waals surface area (Å²) in [6.45, 7) is 7.48. The van der Waals surface area contributed by atoms with Crippen molar-refractivity contribution >= 4 is 17.4 Å². The molecule has 1 atom stereocenters. The van der Waals surface area contributed by atoms with E-state index >= 15 is 0 Å². The molecule has 0 spiro atoms. The van der Waals surface area contributed by atoms with E-state index in [-0.39, 0.29) is 12.0 Å². The number of carbonyl (C=O) groups is 2. The Balaban J connectivity index is 0.00000217. The highest BCUT2D eigenvalue weighted by atomic mass is 16.5. The van der Waals surface area contributed by atoms with Gasteiger partial charge >= 0.3 is 5.97 Å². The Bertz CT molecular complexity index is 1150. The van der Waals surface area contributed by atoms with Gasteiger partial charge in [-0.1, -0.05) is 56.6 Å². The lowest BCUT2D eigenvalue weighted by atomic mass is 9.98. The standard InChI is InChI=1S/C27H36N2O5.C3H4/c1-5-6-7-12-15-21(19(3)34-4)24-18(2)16-22(26(31)29-24)25(30)28-23(27(32)33)17-20-13-10-8-9-11-14-20;1-3-2/h8,10-11,13-14,16,23H,5-7,9,12,15,17H2,1-4H3,(H,28,30)(H,29,31)(H,32,33);1H,2H3/b21-19+;. The van der Waals surface area contributed by atoms with Crippen LogP contribution in [0.2, 0.25) is 0 Å². The van der Waals surface area contributed by atoms with Gasteiger partial charge in [-0.3, -0.25) is 9.59 Å². The van der Waals surface area contributed by atoms with Crippen molar-refractivity contribution in [3.05, 3.63) is 75.0 Å². The largest absolute Gasteiger partial charge is 0.501 e. The first kappa shape index (κ1) is 31.2. The smallest absolute Gasteiger partial charge is 0.326 e. The summed E-state index contributed by atoms with van der Waals surface area (Å²) in [5.74, 6) is 1.10. The molecule has 7 heteroatoms. The minimum Gasteiger partial charge on any atom is -0.501 e. The molecule has 1 aliphatic rings. The van der Waals surface area contributed by atoms with Crippen LogP contribution in [-0.2, 0) is 9.53 Å². The number of amides is 1. The second-order valence-corrected chi connectivity index (χ2v) is 8.78. The molecule has 1 unspecified atom stereocenters. The summed E-state index contributed by atoms with van der Waals surface area (Å²) in [6.07, 6.45) is 20.0. The van der Waals surface area contributed by atoms with Crippen molar-refractivity contribution in [1.29, 1.82) is 0 Å². The average Bonchev–Trinajstić information content (AvgIpc) is 3.13. The Morgan fingerprint density at radius 3 is 2.59 bits per heavy atom. The molecule has 0 saturated heterocycles. The lowest BCUT2D eigenvalue weighted by Gasteiger charge is -2.17. The van der Waals surface area contributed by atoms with E-state index in [1.54, 1.807) is 14.0 Å². The van der Waals surface area contributed by atoms with Crippen molar-refractivity contribution < 1.29 is 19.4 Å². The highest BCUT2D eigenvalue weighted by Gasteiger charge is 2.24. The maximum Gasteiger partial charge on any atom is 0.326 e. The summed E-state index contributed by atoms with van der Waals surface area (Å²) in [5, 5.41) is 12.1. The Kier molecular flexibility index (Phi) is 14.2. The zero-order valence-corrected chi connectivity index (χ0v) is 22.6. The summed E-state index contributed by atoms with van der Waals surface area (Å²) in [5.41, 5.74) is 2.39. The molecule has 1 amide bonds. The quantitative estimate of drug-likeness (QED) is 0.191. The van der Waals surface area contributed by atoms with E-state index in [1.807, 2.05) is 44.2 Å². The topological polar surface area (TPSA) is 108 Å². The van der Waals surface area contributed by atoms with Crippen LogP contribution >= 0.6 is 0 Å². The molecule has 1 aromatic rings. The third-order valence-corrected chi connectivity index (χ3v) is 5.89. The number of carbonyl (C=O) groups excluding carboxylic acids is 1. The van der Waals surface area contributed by atoms with E-state index in [0.717, 1.165) is 61.0 Å². The Hall–Kier alpha value is -3.79. The number of terminal acetylenes is 1. The number of rotatable bonds is 12. The number of aromatic amines is 1. The van der Waals surface area contributed by atoms with Crippen molar-refractivity contribution in [3.8, 4) is 12.3 Å². The first-order valence-corrected chi connectivity index (χ1v) is 12.6. The zero-order chi connectivity index (χ0) is 27.8. The van der Waals surface area contributed by atoms with Crippen LogP contribution in [0.3, 0.4) is 0 Å². The molecule has 0 aromatic carbocycles. The highest BCUT2D eigenvalue weighted by Crippen LogP contribution is 2.26. The molecule has 0 fully saturated rings. The molecule has 2 rings (SSSR count). The minimum absolute atomic E-state index is 0.113. The van der Waals surface area contributed by atoms with Crippen molar-refractivity contribution in [2.45, 2.75) is 78.7 Å². The number of hydrogen-bond acceptors (Lipinski definition) is 4. The van der Waals surface area contributed by atoms with Crippen molar-refractivity contribution in [1.82, 2.24) is 10.3 Å². The minimum atomic E-state index is -1.16. The molecular formula is C30H40N2O5. The van der Waals surface area contributed by atoms with Gasteiger partial charge in [0.05, 0.1) is 18.6 Å². The number of hydrogen-bond donors (Lipinski definition) is 3. The van der Waals surface area contributed by atoms with Gasteiger partial charge in [-0.15, -0.1) is 12.3 Å². The number of aliphatic carboxylic acids is 1. The molecule has 0 saturated carbocycles. The van der Waals surface area contributed by atoms with Crippen LogP contribution in [0, 0.1) is 19.3 Å². The van der Waals surface area contributed by atoms with Gasteiger partial charge in [-0.25, -0.2) is 4.79 Å². The molecule has 0 aliphatic heterocycles. The van der Waals surface area contributed by atoms with E-state index in [2.05, 4.69) is 29.6 Å². The van der Waals surface area contributed by atoms with Gasteiger partial charge in [-0.2, -0.15) is 0 Å². The molecule has 1 heterocycles. The predicted molar refractivity (Wildman–Crippen MR) is 149 cm³/mol. The number of pyridine rings is 1. The molecule has 0 radical (unpaired) electrons. The third-order valence-electron chi connectivity index (χ3n) is 5.89. The van der Waals surface area contributed by atoms with Crippen LogP contribution in [0.25, 0.3) is 5.57 Å². The van der Waals surface area contributed by atoms with Crippen LogP contribution in [0.15, 0.2) is 52.6 Å². The maximum atomic E-state index is 12.9. The van der Waals surface area contributed by atoms with Crippen LogP contribution in [-0.4, -0.2) is 35.1 Å². The van der Waals surface area contributed by atoms with Gasteiger partial charge in [0.25, 0.3) is 11.5 Å². The first-order valence-electron chi connectivity index (χ1n) is 12.6. The number of carboxylic acids is 1. The molecule has 1 aromatic heterocycles. The monoisotopic (exact) mass is 508 g/mol. The van der Waals surface area contributed by atoms with E-state index in [9.17, 15) is 19.5 Å². The molecule has 3 N–H and O–H groups in total. The Morgan fingerprint density at radius 1 is 1.27 bits per heavy atom. The van der Waals surface area contributed by atoms with Crippen LogP contribution in [0.4, 0.5) is 0 Å². The molecule has 0 bridgehead atoms. The van der Waals surface area contributed by atoms with Crippen molar-refractivity contribution in [3.63, 3.8) is 0 Å². The summed E-state index contributed by atoms with van der Waals surface area (Å²) in [6, 6.07) is 0.365. The first-order chi connectivity index (χ1) is 17.7. The van der Waals surface area contributed by atoms with Gasteiger partial charge in [0.1, 0.15) is 11.6 Å². The van der Waals surface area contributed by atoms with Crippen LogP contribution in [0.1, 0.15) is 87.3 Å². The number of H-pyrrole nitrogens is 1.